The van der Waals surface area contributed by atoms with Crippen LogP contribution in [-0.2, 0) is 17.6 Å². The molecule has 33 heavy (non-hydrogen) atoms. The van der Waals surface area contributed by atoms with E-state index in [0.717, 1.165) is 25.9 Å². The molecule has 3 aromatic carbocycles. The van der Waals surface area contributed by atoms with Crippen molar-refractivity contribution < 1.29 is 14.3 Å². The van der Waals surface area contributed by atoms with Crippen molar-refractivity contribution in [3.63, 3.8) is 0 Å². The summed E-state index contributed by atoms with van der Waals surface area (Å²) in [7, 11) is 1.35. The molecule has 5 nitrogen and oxygen atoms in total. The number of methoxy groups -OCH3 is 1. The molecule has 168 valence electrons. The third kappa shape index (κ3) is 4.16. The monoisotopic (exact) mass is 440 g/mol. The SMILES string of the molecule is COC(=O)c1cccc(C(=O)N2CCN(C3c4ccccc4CCc4ccccc43)CC2)c1. The summed E-state index contributed by atoms with van der Waals surface area (Å²) in [5.41, 5.74) is 6.51. The van der Waals surface area contributed by atoms with Crippen LogP contribution in [0.4, 0.5) is 0 Å². The van der Waals surface area contributed by atoms with Gasteiger partial charge in [0.1, 0.15) is 0 Å². The van der Waals surface area contributed by atoms with Gasteiger partial charge >= 0.3 is 5.97 Å². The molecule has 0 atom stereocenters. The lowest BCUT2D eigenvalue weighted by molar-refractivity contribution is 0.0596. The molecule has 0 aromatic heterocycles. The Morgan fingerprint density at radius 2 is 1.33 bits per heavy atom. The van der Waals surface area contributed by atoms with Crippen LogP contribution in [0, 0.1) is 0 Å². The van der Waals surface area contributed by atoms with Crippen molar-refractivity contribution in [2.75, 3.05) is 33.3 Å². The largest absolute Gasteiger partial charge is 0.465 e. The van der Waals surface area contributed by atoms with Crippen LogP contribution in [0.1, 0.15) is 49.0 Å². The first-order valence-electron chi connectivity index (χ1n) is 11.5. The van der Waals surface area contributed by atoms with E-state index < -0.39 is 5.97 Å². The Labute approximate surface area is 194 Å². The molecule has 1 aliphatic heterocycles. The molecule has 0 unspecified atom stereocenters. The first kappa shape index (κ1) is 21.4. The van der Waals surface area contributed by atoms with Crippen LogP contribution >= 0.6 is 0 Å². The summed E-state index contributed by atoms with van der Waals surface area (Å²) in [4.78, 5) is 29.4. The number of carbonyl (C=O) groups is 2. The highest BCUT2D eigenvalue weighted by atomic mass is 16.5. The predicted molar refractivity (Wildman–Crippen MR) is 127 cm³/mol. The van der Waals surface area contributed by atoms with Crippen LogP contribution in [0.3, 0.4) is 0 Å². The van der Waals surface area contributed by atoms with E-state index >= 15 is 0 Å². The molecule has 0 bridgehead atoms. The second-order valence-electron chi connectivity index (χ2n) is 8.70. The summed E-state index contributed by atoms with van der Waals surface area (Å²) in [5.74, 6) is -0.470. The number of ether oxygens (including phenoxy) is 1. The molecule has 0 saturated carbocycles. The number of carbonyl (C=O) groups excluding carboxylic acids is 2. The van der Waals surface area contributed by atoms with Gasteiger partial charge in [-0.1, -0.05) is 54.6 Å². The topological polar surface area (TPSA) is 49.9 Å². The zero-order valence-corrected chi connectivity index (χ0v) is 18.9. The minimum atomic E-state index is -0.430. The number of amides is 1. The summed E-state index contributed by atoms with van der Waals surface area (Å²) in [6.45, 7) is 2.91. The van der Waals surface area contributed by atoms with E-state index in [9.17, 15) is 9.59 Å². The van der Waals surface area contributed by atoms with Crippen molar-refractivity contribution in [3.05, 3.63) is 106 Å². The summed E-state index contributed by atoms with van der Waals surface area (Å²) in [6, 6.07) is 24.5. The predicted octanol–water partition coefficient (Wildman–Crippen LogP) is 4.12. The van der Waals surface area contributed by atoms with Crippen molar-refractivity contribution >= 4 is 11.9 Å². The zero-order chi connectivity index (χ0) is 22.8. The summed E-state index contributed by atoms with van der Waals surface area (Å²) >= 11 is 0. The molecule has 1 aliphatic carbocycles. The Morgan fingerprint density at radius 3 is 1.94 bits per heavy atom. The lowest BCUT2D eigenvalue weighted by atomic mass is 9.92. The Hall–Kier alpha value is -3.44. The average molecular weight is 441 g/mol. The normalized spacial score (nSPS) is 16.5. The molecule has 1 heterocycles. The maximum atomic E-state index is 13.2. The van der Waals surface area contributed by atoms with E-state index in [1.165, 1.54) is 29.4 Å². The smallest absolute Gasteiger partial charge is 0.337 e. The van der Waals surface area contributed by atoms with Gasteiger partial charge in [0.15, 0.2) is 0 Å². The molecule has 5 heteroatoms. The molecular weight excluding hydrogens is 412 g/mol. The Balaban J connectivity index is 1.37. The van der Waals surface area contributed by atoms with Gasteiger partial charge in [-0.3, -0.25) is 9.69 Å². The fraction of sp³-hybridized carbons (Fsp3) is 0.286. The van der Waals surface area contributed by atoms with Gasteiger partial charge in [0.25, 0.3) is 5.91 Å². The minimum Gasteiger partial charge on any atom is -0.465 e. The van der Waals surface area contributed by atoms with Crippen LogP contribution < -0.4 is 0 Å². The van der Waals surface area contributed by atoms with Gasteiger partial charge in [-0.05, 0) is 53.3 Å². The van der Waals surface area contributed by atoms with Crippen LogP contribution in [0.15, 0.2) is 72.8 Å². The summed E-state index contributed by atoms with van der Waals surface area (Å²) in [6.07, 6.45) is 2.11. The van der Waals surface area contributed by atoms with Gasteiger partial charge in [0, 0.05) is 31.7 Å². The second-order valence-corrected chi connectivity index (χ2v) is 8.70. The zero-order valence-electron chi connectivity index (χ0n) is 18.9. The van der Waals surface area contributed by atoms with E-state index in [1.54, 1.807) is 24.3 Å². The number of esters is 1. The highest BCUT2D eigenvalue weighted by Crippen LogP contribution is 2.37. The summed E-state index contributed by atoms with van der Waals surface area (Å²) in [5, 5.41) is 0. The van der Waals surface area contributed by atoms with Crippen LogP contribution in [0.5, 0.6) is 0 Å². The number of fused-ring (bicyclic) bond motifs is 2. The molecule has 3 aromatic rings. The molecule has 0 N–H and O–H groups in total. The van der Waals surface area contributed by atoms with Crippen molar-refractivity contribution in [1.29, 1.82) is 0 Å². The number of benzene rings is 3. The van der Waals surface area contributed by atoms with Crippen LogP contribution in [-0.4, -0.2) is 55.0 Å². The third-order valence-electron chi connectivity index (χ3n) is 6.86. The molecule has 1 fully saturated rings. The Kier molecular flexibility index (Phi) is 5.97. The van der Waals surface area contributed by atoms with E-state index in [0.29, 0.717) is 24.2 Å². The Bertz CT molecular complexity index is 1130. The van der Waals surface area contributed by atoms with Crippen molar-refractivity contribution in [2.24, 2.45) is 0 Å². The minimum absolute atomic E-state index is 0.0398. The summed E-state index contributed by atoms with van der Waals surface area (Å²) < 4.78 is 4.79. The maximum absolute atomic E-state index is 13.2. The van der Waals surface area contributed by atoms with E-state index in [2.05, 4.69) is 53.4 Å². The Morgan fingerprint density at radius 1 is 0.758 bits per heavy atom. The maximum Gasteiger partial charge on any atom is 0.337 e. The third-order valence-corrected chi connectivity index (χ3v) is 6.86. The van der Waals surface area contributed by atoms with Gasteiger partial charge < -0.3 is 9.64 Å². The first-order chi connectivity index (χ1) is 16.2. The molecule has 5 rings (SSSR count). The molecule has 1 amide bonds. The lowest BCUT2D eigenvalue weighted by Gasteiger charge is -2.40. The van der Waals surface area contributed by atoms with Crippen molar-refractivity contribution in [2.45, 2.75) is 18.9 Å². The van der Waals surface area contributed by atoms with E-state index in [-0.39, 0.29) is 11.9 Å². The van der Waals surface area contributed by atoms with Crippen LogP contribution in [0.2, 0.25) is 0 Å². The first-order valence-corrected chi connectivity index (χ1v) is 11.5. The molecule has 1 saturated heterocycles. The standard InChI is InChI=1S/C28H28N2O3/c1-33-28(32)23-10-6-9-22(19-23)27(31)30-17-15-29(16-18-30)26-24-11-4-2-7-20(24)13-14-21-8-3-5-12-25(21)26/h2-12,19,26H,13-18H2,1H3. The fourth-order valence-electron chi connectivity index (χ4n) is 5.15. The average Bonchev–Trinajstić information content (AvgIpc) is 3.05. The highest BCUT2D eigenvalue weighted by Gasteiger charge is 2.32. The molecular formula is C28H28N2O3. The highest BCUT2D eigenvalue weighted by molar-refractivity contribution is 5.98. The van der Waals surface area contributed by atoms with Crippen molar-refractivity contribution in [1.82, 2.24) is 9.80 Å². The van der Waals surface area contributed by atoms with Crippen molar-refractivity contribution in [3.8, 4) is 0 Å². The molecule has 2 aliphatic rings. The van der Waals surface area contributed by atoms with E-state index in [1.807, 2.05) is 4.90 Å². The van der Waals surface area contributed by atoms with Gasteiger partial charge in [0.2, 0.25) is 0 Å². The quantitative estimate of drug-likeness (QED) is 0.575. The number of rotatable bonds is 3. The second kappa shape index (κ2) is 9.20. The fourth-order valence-corrected chi connectivity index (χ4v) is 5.15. The molecule has 0 radical (unpaired) electrons. The number of hydrogen-bond acceptors (Lipinski definition) is 4. The number of piperazine rings is 1. The van der Waals surface area contributed by atoms with Gasteiger partial charge in [-0.2, -0.15) is 0 Å². The lowest BCUT2D eigenvalue weighted by Crippen LogP contribution is -2.50. The molecule has 0 spiro atoms. The number of nitrogens with zero attached hydrogens (tertiary/aromatic N) is 2. The number of aryl methyl sites for hydroxylation is 2. The van der Waals surface area contributed by atoms with Gasteiger partial charge in [0.05, 0.1) is 18.7 Å². The van der Waals surface area contributed by atoms with Gasteiger partial charge in [-0.15, -0.1) is 0 Å². The van der Waals surface area contributed by atoms with Crippen LogP contribution in [0.25, 0.3) is 0 Å². The van der Waals surface area contributed by atoms with Gasteiger partial charge in [-0.25, -0.2) is 4.79 Å². The van der Waals surface area contributed by atoms with E-state index in [4.69, 9.17) is 4.74 Å². The number of hydrogen-bond donors (Lipinski definition) is 0.